The number of rotatable bonds is 5. The van der Waals surface area contributed by atoms with Gasteiger partial charge >= 0.3 is 0 Å². The molecule has 3 aromatic rings. The van der Waals surface area contributed by atoms with Crippen LogP contribution < -0.4 is 10.1 Å². The van der Waals surface area contributed by atoms with Gasteiger partial charge in [-0.3, -0.25) is 4.79 Å². The number of ether oxygens (including phenoxy) is 1. The first kappa shape index (κ1) is 18.8. The van der Waals surface area contributed by atoms with Crippen LogP contribution in [0.1, 0.15) is 36.9 Å². The van der Waals surface area contributed by atoms with Crippen LogP contribution in [0.3, 0.4) is 0 Å². The molecule has 27 heavy (non-hydrogen) atoms. The van der Waals surface area contributed by atoms with E-state index in [1.165, 1.54) is 6.07 Å². The van der Waals surface area contributed by atoms with Crippen molar-refractivity contribution in [2.24, 2.45) is 0 Å². The maximum atomic E-state index is 13.4. The van der Waals surface area contributed by atoms with Crippen molar-refractivity contribution in [3.63, 3.8) is 0 Å². The minimum atomic E-state index is -0.924. The molecule has 0 radical (unpaired) electrons. The molecule has 0 saturated heterocycles. The van der Waals surface area contributed by atoms with E-state index in [9.17, 15) is 13.6 Å². The van der Waals surface area contributed by atoms with Crippen LogP contribution >= 0.6 is 0 Å². The number of fused-ring (bicyclic) bond motifs is 1. The van der Waals surface area contributed by atoms with Gasteiger partial charge in [-0.1, -0.05) is 30.3 Å². The highest BCUT2D eigenvalue weighted by molar-refractivity contribution is 5.88. The number of carbonyl (C=O) groups is 1. The summed E-state index contributed by atoms with van der Waals surface area (Å²) in [7, 11) is 1.62. The highest BCUT2D eigenvalue weighted by atomic mass is 19.2. The van der Waals surface area contributed by atoms with Gasteiger partial charge in [-0.15, -0.1) is 0 Å². The Labute approximate surface area is 157 Å². The van der Waals surface area contributed by atoms with Gasteiger partial charge in [0.2, 0.25) is 5.91 Å². The average Bonchev–Trinajstić information content (AvgIpc) is 2.68. The summed E-state index contributed by atoms with van der Waals surface area (Å²) >= 11 is 0. The summed E-state index contributed by atoms with van der Waals surface area (Å²) in [5.74, 6) is -1.62. The predicted molar refractivity (Wildman–Crippen MR) is 102 cm³/mol. The van der Waals surface area contributed by atoms with E-state index in [2.05, 4.69) is 5.32 Å². The molecule has 0 aliphatic heterocycles. The molecule has 1 amide bonds. The third kappa shape index (κ3) is 4.08. The van der Waals surface area contributed by atoms with Crippen molar-refractivity contribution in [1.29, 1.82) is 0 Å². The molecular weight excluding hydrogens is 348 g/mol. The van der Waals surface area contributed by atoms with Gasteiger partial charge in [-0.05, 0) is 60.0 Å². The summed E-state index contributed by atoms with van der Waals surface area (Å²) in [4.78, 5) is 12.6. The molecule has 2 atom stereocenters. The second kappa shape index (κ2) is 7.74. The van der Waals surface area contributed by atoms with Crippen molar-refractivity contribution in [3.05, 3.63) is 77.4 Å². The monoisotopic (exact) mass is 369 g/mol. The SMILES string of the molecule is COc1ccc2cc([C@H](C)C(=O)N[C@@H](C)c3ccc(F)c(F)c3)ccc2c1. The Morgan fingerprint density at radius 3 is 2.26 bits per heavy atom. The molecule has 3 rings (SSSR count). The quantitative estimate of drug-likeness (QED) is 0.679. The summed E-state index contributed by atoms with van der Waals surface area (Å²) in [5.41, 5.74) is 1.39. The number of nitrogens with one attached hydrogen (secondary N) is 1. The summed E-state index contributed by atoms with van der Waals surface area (Å²) in [6.45, 7) is 3.56. The first-order chi connectivity index (χ1) is 12.9. The number of halogens is 2. The number of amides is 1. The molecule has 0 heterocycles. The minimum Gasteiger partial charge on any atom is -0.497 e. The first-order valence-corrected chi connectivity index (χ1v) is 8.72. The normalized spacial score (nSPS) is 13.2. The van der Waals surface area contributed by atoms with E-state index in [1.54, 1.807) is 14.0 Å². The van der Waals surface area contributed by atoms with Crippen LogP contribution in [0.15, 0.2) is 54.6 Å². The molecule has 140 valence electrons. The zero-order valence-corrected chi connectivity index (χ0v) is 15.4. The molecule has 3 nitrogen and oxygen atoms in total. The second-order valence-corrected chi connectivity index (χ2v) is 6.60. The van der Waals surface area contributed by atoms with Crippen molar-refractivity contribution >= 4 is 16.7 Å². The van der Waals surface area contributed by atoms with E-state index in [1.807, 2.05) is 43.3 Å². The number of hydrogen-bond acceptors (Lipinski definition) is 2. The van der Waals surface area contributed by atoms with Gasteiger partial charge in [0.25, 0.3) is 0 Å². The molecule has 5 heteroatoms. The fourth-order valence-corrected chi connectivity index (χ4v) is 2.99. The Bertz CT molecular complexity index is 987. The third-order valence-electron chi connectivity index (χ3n) is 4.77. The smallest absolute Gasteiger partial charge is 0.227 e. The topological polar surface area (TPSA) is 38.3 Å². The molecule has 0 aliphatic rings. The fraction of sp³-hybridized carbons (Fsp3) is 0.227. The molecule has 0 spiro atoms. The van der Waals surface area contributed by atoms with Crippen LogP contribution in [0.5, 0.6) is 5.75 Å². The summed E-state index contributed by atoms with van der Waals surface area (Å²) in [5, 5.41) is 4.90. The maximum absolute atomic E-state index is 13.4. The number of benzene rings is 3. The lowest BCUT2D eigenvalue weighted by molar-refractivity contribution is -0.122. The standard InChI is InChI=1S/C22H21F2NO2/c1-13(15-4-5-18-11-19(27-3)8-6-17(18)10-15)22(26)25-14(2)16-7-9-20(23)21(24)12-16/h4-14H,1-3H3,(H,25,26)/t13-,14-/m0/s1. The minimum absolute atomic E-state index is 0.180. The number of hydrogen-bond donors (Lipinski definition) is 1. The lowest BCUT2D eigenvalue weighted by atomic mass is 9.96. The zero-order chi connectivity index (χ0) is 19.6. The molecule has 0 bridgehead atoms. The Morgan fingerprint density at radius 1 is 0.889 bits per heavy atom. The van der Waals surface area contributed by atoms with E-state index < -0.39 is 17.7 Å². The summed E-state index contributed by atoms with van der Waals surface area (Å²) in [6.07, 6.45) is 0. The summed E-state index contributed by atoms with van der Waals surface area (Å²) in [6, 6.07) is 14.8. The molecule has 0 aromatic heterocycles. The highest BCUT2D eigenvalue weighted by Gasteiger charge is 2.19. The molecular formula is C22H21F2NO2. The molecule has 0 fully saturated rings. The van der Waals surface area contributed by atoms with Crippen molar-refractivity contribution < 1.29 is 18.3 Å². The van der Waals surface area contributed by atoms with E-state index in [0.29, 0.717) is 5.56 Å². The van der Waals surface area contributed by atoms with Crippen molar-refractivity contribution in [1.82, 2.24) is 5.32 Å². The van der Waals surface area contributed by atoms with E-state index in [4.69, 9.17) is 4.74 Å². The third-order valence-corrected chi connectivity index (χ3v) is 4.77. The molecule has 3 aromatic carbocycles. The van der Waals surface area contributed by atoms with E-state index >= 15 is 0 Å². The Hall–Kier alpha value is -2.95. The lowest BCUT2D eigenvalue weighted by Gasteiger charge is -2.19. The van der Waals surface area contributed by atoms with Crippen molar-refractivity contribution in [3.8, 4) is 5.75 Å². The van der Waals surface area contributed by atoms with Gasteiger partial charge in [0.05, 0.1) is 19.1 Å². The molecule has 0 saturated carbocycles. The van der Waals surface area contributed by atoms with Gasteiger partial charge in [0, 0.05) is 0 Å². The van der Waals surface area contributed by atoms with Crippen LogP contribution in [0.4, 0.5) is 8.78 Å². The van der Waals surface area contributed by atoms with Gasteiger partial charge in [-0.25, -0.2) is 8.78 Å². The van der Waals surface area contributed by atoms with Crippen LogP contribution in [0.25, 0.3) is 10.8 Å². The van der Waals surface area contributed by atoms with E-state index in [0.717, 1.165) is 34.2 Å². The van der Waals surface area contributed by atoms with E-state index in [-0.39, 0.29) is 11.8 Å². The Kier molecular flexibility index (Phi) is 5.40. The van der Waals surface area contributed by atoms with Crippen LogP contribution in [-0.4, -0.2) is 13.0 Å². The van der Waals surface area contributed by atoms with Gasteiger partial charge in [0.15, 0.2) is 11.6 Å². The molecule has 0 unspecified atom stereocenters. The number of carbonyl (C=O) groups excluding carboxylic acids is 1. The lowest BCUT2D eigenvalue weighted by Crippen LogP contribution is -2.30. The van der Waals surface area contributed by atoms with Crippen LogP contribution in [0, 0.1) is 11.6 Å². The van der Waals surface area contributed by atoms with Gasteiger partial charge in [0.1, 0.15) is 5.75 Å². The molecule has 0 aliphatic carbocycles. The van der Waals surface area contributed by atoms with Crippen molar-refractivity contribution in [2.75, 3.05) is 7.11 Å². The highest BCUT2D eigenvalue weighted by Crippen LogP contribution is 2.26. The first-order valence-electron chi connectivity index (χ1n) is 8.72. The zero-order valence-electron chi connectivity index (χ0n) is 15.4. The summed E-state index contributed by atoms with van der Waals surface area (Å²) < 4.78 is 31.7. The Balaban J connectivity index is 1.76. The van der Waals surface area contributed by atoms with Crippen LogP contribution in [0.2, 0.25) is 0 Å². The predicted octanol–water partition coefficient (Wildman–Crippen LogP) is 5.11. The fourth-order valence-electron chi connectivity index (χ4n) is 2.99. The Morgan fingerprint density at radius 2 is 1.56 bits per heavy atom. The molecule has 1 N–H and O–H groups in total. The van der Waals surface area contributed by atoms with Gasteiger partial charge < -0.3 is 10.1 Å². The largest absolute Gasteiger partial charge is 0.497 e. The maximum Gasteiger partial charge on any atom is 0.227 e. The van der Waals surface area contributed by atoms with Crippen molar-refractivity contribution in [2.45, 2.75) is 25.8 Å². The number of methoxy groups -OCH3 is 1. The van der Waals surface area contributed by atoms with Crippen LogP contribution in [-0.2, 0) is 4.79 Å². The average molecular weight is 369 g/mol. The second-order valence-electron chi connectivity index (χ2n) is 6.60. The van der Waals surface area contributed by atoms with Gasteiger partial charge in [-0.2, -0.15) is 0 Å².